The van der Waals surface area contributed by atoms with E-state index in [1.54, 1.807) is 18.2 Å². The van der Waals surface area contributed by atoms with Gasteiger partial charge in [0.05, 0.1) is 4.92 Å². The molecule has 0 spiro atoms. The number of piperidine rings is 1. The Morgan fingerprint density at radius 1 is 1.53 bits per heavy atom. The van der Waals surface area contributed by atoms with Gasteiger partial charge in [-0.1, -0.05) is 6.07 Å². The van der Waals surface area contributed by atoms with Gasteiger partial charge in [-0.05, 0) is 51.3 Å². The number of nitrogens with zero attached hydrogens (tertiary/aromatic N) is 1. The van der Waals surface area contributed by atoms with Crippen molar-refractivity contribution in [3.05, 3.63) is 33.9 Å². The number of anilines is 1. The molecule has 1 aromatic carbocycles. The maximum Gasteiger partial charge on any atom is 0.271 e. The van der Waals surface area contributed by atoms with Gasteiger partial charge in [0.2, 0.25) is 0 Å². The predicted molar refractivity (Wildman–Crippen MR) is 76.5 cm³/mol. The minimum Gasteiger partial charge on any atom is -0.382 e. The molecule has 2 N–H and O–H groups in total. The first kappa shape index (κ1) is 13.8. The Morgan fingerprint density at radius 2 is 2.32 bits per heavy atom. The number of nitrogens with one attached hydrogen (secondary N) is 2. The maximum absolute atomic E-state index is 10.8. The molecule has 0 aromatic heterocycles. The first-order valence-electron chi connectivity index (χ1n) is 6.80. The van der Waals surface area contributed by atoms with Gasteiger partial charge < -0.3 is 10.6 Å². The van der Waals surface area contributed by atoms with E-state index in [9.17, 15) is 10.1 Å². The molecule has 1 aromatic rings. The van der Waals surface area contributed by atoms with Crippen molar-refractivity contribution in [2.75, 3.05) is 18.4 Å². The lowest BCUT2D eigenvalue weighted by Gasteiger charge is -2.30. The summed E-state index contributed by atoms with van der Waals surface area (Å²) in [7, 11) is 0. The summed E-state index contributed by atoms with van der Waals surface area (Å²) < 4.78 is 0. The van der Waals surface area contributed by atoms with Gasteiger partial charge in [-0.15, -0.1) is 0 Å². The molecule has 1 aliphatic rings. The highest BCUT2D eigenvalue weighted by molar-refractivity contribution is 5.57. The molecule has 2 atom stereocenters. The van der Waals surface area contributed by atoms with E-state index in [0.717, 1.165) is 24.3 Å². The average molecular weight is 263 g/mol. The summed E-state index contributed by atoms with van der Waals surface area (Å²) in [6, 6.07) is 5.29. The van der Waals surface area contributed by atoms with Gasteiger partial charge in [0.25, 0.3) is 5.69 Å². The van der Waals surface area contributed by atoms with E-state index in [-0.39, 0.29) is 10.6 Å². The molecule has 0 saturated carbocycles. The lowest BCUT2D eigenvalue weighted by atomic mass is 9.92. The van der Waals surface area contributed by atoms with E-state index in [2.05, 4.69) is 17.6 Å². The van der Waals surface area contributed by atoms with Gasteiger partial charge in [0.1, 0.15) is 0 Å². The van der Waals surface area contributed by atoms with E-state index < -0.39 is 0 Å². The van der Waals surface area contributed by atoms with Gasteiger partial charge in [0, 0.05) is 23.9 Å². The lowest BCUT2D eigenvalue weighted by Crippen LogP contribution is -2.38. The fourth-order valence-electron chi connectivity index (χ4n) is 2.55. The number of hydrogen-bond acceptors (Lipinski definition) is 4. The zero-order chi connectivity index (χ0) is 13.8. The third-order valence-electron chi connectivity index (χ3n) is 3.86. The second kappa shape index (κ2) is 6.02. The fraction of sp³-hybridized carbons (Fsp3) is 0.571. The molecule has 0 bridgehead atoms. The highest BCUT2D eigenvalue weighted by Gasteiger charge is 2.20. The van der Waals surface area contributed by atoms with Crippen molar-refractivity contribution in [3.8, 4) is 0 Å². The Kier molecular flexibility index (Phi) is 4.37. The summed E-state index contributed by atoms with van der Waals surface area (Å²) in [4.78, 5) is 10.5. The number of non-ortho nitro benzene ring substituents is 1. The summed E-state index contributed by atoms with van der Waals surface area (Å²) in [6.07, 6.45) is 2.40. The fourth-order valence-corrected chi connectivity index (χ4v) is 2.55. The first-order chi connectivity index (χ1) is 9.08. The minimum atomic E-state index is -0.350. The third kappa shape index (κ3) is 3.44. The van der Waals surface area contributed by atoms with Crippen LogP contribution in [0.2, 0.25) is 0 Å². The SMILES string of the molecule is Cc1ccc([N+](=O)[O-])cc1NC(C)C1CCCNC1. The molecule has 1 aliphatic heterocycles. The van der Waals surface area contributed by atoms with E-state index in [1.165, 1.54) is 12.8 Å². The van der Waals surface area contributed by atoms with Gasteiger partial charge in [0.15, 0.2) is 0 Å². The lowest BCUT2D eigenvalue weighted by molar-refractivity contribution is -0.384. The number of aryl methyl sites for hydroxylation is 1. The molecular weight excluding hydrogens is 242 g/mol. The molecule has 19 heavy (non-hydrogen) atoms. The molecule has 1 heterocycles. The highest BCUT2D eigenvalue weighted by Crippen LogP contribution is 2.25. The van der Waals surface area contributed by atoms with Crippen LogP contribution in [0.25, 0.3) is 0 Å². The molecular formula is C14H21N3O2. The van der Waals surface area contributed by atoms with Crippen LogP contribution >= 0.6 is 0 Å². The Balaban J connectivity index is 2.08. The summed E-state index contributed by atoms with van der Waals surface area (Å²) in [6.45, 7) is 6.23. The Hall–Kier alpha value is -1.62. The molecule has 0 aliphatic carbocycles. The minimum absolute atomic E-state index is 0.141. The topological polar surface area (TPSA) is 67.2 Å². The molecule has 2 unspecified atom stereocenters. The van der Waals surface area contributed by atoms with Crippen LogP contribution in [0.4, 0.5) is 11.4 Å². The van der Waals surface area contributed by atoms with E-state index in [0.29, 0.717) is 12.0 Å². The van der Waals surface area contributed by atoms with Gasteiger partial charge in [-0.3, -0.25) is 10.1 Å². The molecule has 1 fully saturated rings. The monoisotopic (exact) mass is 263 g/mol. The van der Waals surface area contributed by atoms with Gasteiger partial charge in [-0.2, -0.15) is 0 Å². The summed E-state index contributed by atoms with van der Waals surface area (Å²) >= 11 is 0. The highest BCUT2D eigenvalue weighted by atomic mass is 16.6. The zero-order valence-corrected chi connectivity index (χ0v) is 11.5. The van der Waals surface area contributed by atoms with Crippen molar-refractivity contribution in [3.63, 3.8) is 0 Å². The predicted octanol–water partition coefficient (Wildman–Crippen LogP) is 2.70. The van der Waals surface area contributed by atoms with Crippen LogP contribution in [-0.2, 0) is 0 Å². The van der Waals surface area contributed by atoms with Gasteiger partial charge in [-0.25, -0.2) is 0 Å². The van der Waals surface area contributed by atoms with Crippen molar-refractivity contribution in [1.29, 1.82) is 0 Å². The van der Waals surface area contributed by atoms with Crippen LogP contribution in [0, 0.1) is 23.0 Å². The zero-order valence-electron chi connectivity index (χ0n) is 11.5. The standard InChI is InChI=1S/C14H21N3O2/c1-10-5-6-13(17(18)19)8-14(10)16-11(2)12-4-3-7-15-9-12/h5-6,8,11-12,15-16H,3-4,7,9H2,1-2H3. The van der Waals surface area contributed by atoms with Crippen LogP contribution in [0.5, 0.6) is 0 Å². The quantitative estimate of drug-likeness (QED) is 0.647. The van der Waals surface area contributed by atoms with E-state index in [1.807, 2.05) is 6.92 Å². The van der Waals surface area contributed by atoms with E-state index in [4.69, 9.17) is 0 Å². The number of benzene rings is 1. The second-order valence-electron chi connectivity index (χ2n) is 5.30. The number of nitro groups is 1. The third-order valence-corrected chi connectivity index (χ3v) is 3.86. The summed E-state index contributed by atoms with van der Waals surface area (Å²) in [5.74, 6) is 0.576. The van der Waals surface area contributed by atoms with Crippen molar-refractivity contribution in [2.45, 2.75) is 32.7 Å². The maximum atomic E-state index is 10.8. The Labute approximate surface area is 113 Å². The molecule has 1 saturated heterocycles. The van der Waals surface area contributed by atoms with Gasteiger partial charge >= 0.3 is 0 Å². The number of hydrogen-bond donors (Lipinski definition) is 2. The van der Waals surface area contributed by atoms with Crippen molar-refractivity contribution in [2.24, 2.45) is 5.92 Å². The first-order valence-corrected chi connectivity index (χ1v) is 6.80. The molecule has 104 valence electrons. The van der Waals surface area contributed by atoms with Crippen molar-refractivity contribution in [1.82, 2.24) is 5.32 Å². The molecule has 0 amide bonds. The second-order valence-corrected chi connectivity index (χ2v) is 5.30. The van der Waals surface area contributed by atoms with Crippen LogP contribution in [0.15, 0.2) is 18.2 Å². The summed E-state index contributed by atoms with van der Waals surface area (Å²) in [5, 5.41) is 17.6. The van der Waals surface area contributed by atoms with Crippen LogP contribution in [-0.4, -0.2) is 24.1 Å². The van der Waals surface area contributed by atoms with Crippen LogP contribution in [0.1, 0.15) is 25.3 Å². The Bertz CT molecular complexity index is 456. The molecule has 5 heteroatoms. The number of rotatable bonds is 4. The Morgan fingerprint density at radius 3 is 2.95 bits per heavy atom. The normalized spacial score (nSPS) is 20.8. The van der Waals surface area contributed by atoms with E-state index >= 15 is 0 Å². The largest absolute Gasteiger partial charge is 0.382 e. The van der Waals surface area contributed by atoms with Crippen LogP contribution in [0.3, 0.4) is 0 Å². The summed E-state index contributed by atoms with van der Waals surface area (Å²) in [5.41, 5.74) is 2.05. The molecule has 0 radical (unpaired) electrons. The van der Waals surface area contributed by atoms with Crippen LogP contribution < -0.4 is 10.6 Å². The molecule has 2 rings (SSSR count). The number of nitro benzene ring substituents is 1. The van der Waals surface area contributed by atoms with Crippen molar-refractivity contribution < 1.29 is 4.92 Å². The smallest absolute Gasteiger partial charge is 0.271 e. The average Bonchev–Trinajstić information content (AvgIpc) is 2.42. The molecule has 5 nitrogen and oxygen atoms in total. The van der Waals surface area contributed by atoms with Crippen molar-refractivity contribution >= 4 is 11.4 Å².